The van der Waals surface area contributed by atoms with E-state index in [9.17, 15) is 0 Å². The SMILES string of the molecule is CC(C)c1c2n(c3ncccc13)CCC2. The molecule has 0 aliphatic carbocycles. The summed E-state index contributed by atoms with van der Waals surface area (Å²) in [7, 11) is 0. The second kappa shape index (κ2) is 3.09. The number of hydrogen-bond acceptors (Lipinski definition) is 1. The number of aryl methyl sites for hydroxylation is 1. The summed E-state index contributed by atoms with van der Waals surface area (Å²) in [6, 6.07) is 4.26. The summed E-state index contributed by atoms with van der Waals surface area (Å²) >= 11 is 0. The van der Waals surface area contributed by atoms with Gasteiger partial charge in [-0.2, -0.15) is 0 Å². The fourth-order valence-electron chi connectivity index (χ4n) is 2.81. The number of nitrogens with zero attached hydrogens (tertiary/aromatic N) is 2. The molecule has 0 bridgehead atoms. The Morgan fingerprint density at radius 2 is 2.27 bits per heavy atom. The summed E-state index contributed by atoms with van der Waals surface area (Å²) in [4.78, 5) is 4.52. The minimum absolute atomic E-state index is 0.603. The number of rotatable bonds is 1. The van der Waals surface area contributed by atoms with Crippen LogP contribution in [0.5, 0.6) is 0 Å². The van der Waals surface area contributed by atoms with Gasteiger partial charge in [0.2, 0.25) is 0 Å². The molecule has 2 nitrogen and oxygen atoms in total. The molecule has 3 heterocycles. The minimum atomic E-state index is 0.603. The van der Waals surface area contributed by atoms with Crippen LogP contribution in [0.15, 0.2) is 18.3 Å². The van der Waals surface area contributed by atoms with E-state index in [1.54, 1.807) is 0 Å². The predicted molar refractivity (Wildman–Crippen MR) is 62.1 cm³/mol. The van der Waals surface area contributed by atoms with Crippen molar-refractivity contribution >= 4 is 11.0 Å². The molecule has 0 saturated heterocycles. The van der Waals surface area contributed by atoms with Crippen molar-refractivity contribution in [2.75, 3.05) is 0 Å². The standard InChI is InChI=1S/C13H16N2/c1-9(2)12-10-5-3-7-14-13(10)15-8-4-6-11(12)15/h3,5,7,9H,4,6,8H2,1-2H3. The lowest BCUT2D eigenvalue weighted by molar-refractivity contribution is 0.764. The first-order valence-electron chi connectivity index (χ1n) is 5.75. The maximum absolute atomic E-state index is 4.52. The summed E-state index contributed by atoms with van der Waals surface area (Å²) in [6.07, 6.45) is 4.41. The Morgan fingerprint density at radius 1 is 1.40 bits per heavy atom. The van der Waals surface area contributed by atoms with Crippen molar-refractivity contribution < 1.29 is 0 Å². The zero-order valence-corrected chi connectivity index (χ0v) is 9.33. The molecule has 0 aromatic carbocycles. The van der Waals surface area contributed by atoms with Crippen LogP contribution < -0.4 is 0 Å². The molecule has 1 aliphatic rings. The number of hydrogen-bond donors (Lipinski definition) is 0. The average Bonchev–Trinajstić information content (AvgIpc) is 2.75. The van der Waals surface area contributed by atoms with Crippen molar-refractivity contribution in [3.63, 3.8) is 0 Å². The third kappa shape index (κ3) is 1.14. The van der Waals surface area contributed by atoms with Gasteiger partial charge in [-0.15, -0.1) is 0 Å². The van der Waals surface area contributed by atoms with Crippen LogP contribution in [0.4, 0.5) is 0 Å². The maximum atomic E-state index is 4.52. The lowest BCUT2D eigenvalue weighted by Crippen LogP contribution is -1.94. The minimum Gasteiger partial charge on any atom is -0.329 e. The molecule has 2 heteroatoms. The van der Waals surface area contributed by atoms with Crippen LogP contribution in [0.2, 0.25) is 0 Å². The Balaban J connectivity index is 2.41. The van der Waals surface area contributed by atoms with Crippen LogP contribution in [0.3, 0.4) is 0 Å². The quantitative estimate of drug-likeness (QED) is 0.691. The molecule has 0 spiro atoms. The van der Waals surface area contributed by atoms with Gasteiger partial charge in [-0.05, 0) is 36.5 Å². The molecule has 78 valence electrons. The van der Waals surface area contributed by atoms with Crippen molar-refractivity contribution in [2.45, 2.75) is 39.2 Å². The highest BCUT2D eigenvalue weighted by atomic mass is 15.1. The van der Waals surface area contributed by atoms with Gasteiger partial charge < -0.3 is 4.57 Å². The van der Waals surface area contributed by atoms with Gasteiger partial charge >= 0.3 is 0 Å². The Kier molecular flexibility index (Phi) is 1.84. The van der Waals surface area contributed by atoms with E-state index in [2.05, 4.69) is 29.5 Å². The number of pyridine rings is 1. The van der Waals surface area contributed by atoms with Crippen molar-refractivity contribution in [3.8, 4) is 0 Å². The monoisotopic (exact) mass is 200 g/mol. The molecule has 3 rings (SSSR count). The van der Waals surface area contributed by atoms with Crippen molar-refractivity contribution in [1.29, 1.82) is 0 Å². The molecule has 1 aliphatic heterocycles. The molecule has 0 fully saturated rings. The Morgan fingerprint density at radius 3 is 3.07 bits per heavy atom. The molecule has 0 amide bonds. The average molecular weight is 200 g/mol. The summed E-state index contributed by atoms with van der Waals surface area (Å²) in [5.74, 6) is 0.603. The van der Waals surface area contributed by atoms with Crippen LogP contribution in [0, 0.1) is 0 Å². The van der Waals surface area contributed by atoms with Crippen molar-refractivity contribution in [2.24, 2.45) is 0 Å². The summed E-state index contributed by atoms with van der Waals surface area (Å²) in [5, 5.41) is 1.36. The summed E-state index contributed by atoms with van der Waals surface area (Å²) in [5.41, 5.74) is 4.24. The van der Waals surface area contributed by atoms with E-state index in [1.807, 2.05) is 12.3 Å². The highest BCUT2D eigenvalue weighted by Gasteiger charge is 2.22. The van der Waals surface area contributed by atoms with E-state index >= 15 is 0 Å². The molecule has 2 aromatic rings. The fraction of sp³-hybridized carbons (Fsp3) is 0.462. The first-order chi connectivity index (χ1) is 7.29. The molecule has 0 radical (unpaired) electrons. The van der Waals surface area contributed by atoms with Gasteiger partial charge in [0.1, 0.15) is 5.65 Å². The normalized spacial score (nSPS) is 15.1. The smallest absolute Gasteiger partial charge is 0.140 e. The molecule has 0 N–H and O–H groups in total. The van der Waals surface area contributed by atoms with E-state index in [4.69, 9.17) is 0 Å². The van der Waals surface area contributed by atoms with E-state index in [0.717, 1.165) is 6.54 Å². The lowest BCUT2D eigenvalue weighted by atomic mass is 9.99. The maximum Gasteiger partial charge on any atom is 0.140 e. The van der Waals surface area contributed by atoms with Crippen molar-refractivity contribution in [3.05, 3.63) is 29.6 Å². The lowest BCUT2D eigenvalue weighted by Gasteiger charge is -2.05. The van der Waals surface area contributed by atoms with Crippen LogP contribution in [-0.4, -0.2) is 9.55 Å². The first kappa shape index (κ1) is 8.96. The van der Waals surface area contributed by atoms with E-state index in [-0.39, 0.29) is 0 Å². The van der Waals surface area contributed by atoms with E-state index in [0.29, 0.717) is 5.92 Å². The van der Waals surface area contributed by atoms with Gasteiger partial charge in [-0.3, -0.25) is 0 Å². The van der Waals surface area contributed by atoms with E-state index in [1.165, 1.54) is 35.1 Å². The molecule has 0 atom stereocenters. The zero-order chi connectivity index (χ0) is 10.4. The van der Waals surface area contributed by atoms with Crippen LogP contribution >= 0.6 is 0 Å². The Hall–Kier alpha value is -1.31. The highest BCUT2D eigenvalue weighted by Crippen LogP contribution is 2.34. The molecular weight excluding hydrogens is 184 g/mol. The van der Waals surface area contributed by atoms with Crippen LogP contribution in [-0.2, 0) is 13.0 Å². The Bertz CT molecular complexity index is 508. The second-order valence-corrected chi connectivity index (χ2v) is 4.64. The molecular formula is C13H16N2. The third-order valence-electron chi connectivity index (χ3n) is 3.34. The van der Waals surface area contributed by atoms with Crippen molar-refractivity contribution in [1.82, 2.24) is 9.55 Å². The zero-order valence-electron chi connectivity index (χ0n) is 9.33. The molecule has 15 heavy (non-hydrogen) atoms. The van der Waals surface area contributed by atoms with Crippen LogP contribution in [0.1, 0.15) is 37.4 Å². The van der Waals surface area contributed by atoms with Crippen LogP contribution in [0.25, 0.3) is 11.0 Å². The van der Waals surface area contributed by atoms with Gasteiger partial charge in [0, 0.05) is 23.8 Å². The molecule has 0 saturated carbocycles. The van der Waals surface area contributed by atoms with E-state index < -0.39 is 0 Å². The molecule has 0 unspecified atom stereocenters. The second-order valence-electron chi connectivity index (χ2n) is 4.64. The van der Waals surface area contributed by atoms with Gasteiger partial charge in [0.15, 0.2) is 0 Å². The van der Waals surface area contributed by atoms with Gasteiger partial charge in [-0.25, -0.2) is 4.98 Å². The number of fused-ring (bicyclic) bond motifs is 3. The van der Waals surface area contributed by atoms with Gasteiger partial charge in [0.05, 0.1) is 0 Å². The topological polar surface area (TPSA) is 17.8 Å². The highest BCUT2D eigenvalue weighted by molar-refractivity contribution is 5.83. The summed E-state index contributed by atoms with van der Waals surface area (Å²) in [6.45, 7) is 5.71. The first-order valence-corrected chi connectivity index (χ1v) is 5.75. The van der Waals surface area contributed by atoms with Gasteiger partial charge in [-0.1, -0.05) is 13.8 Å². The molecule has 2 aromatic heterocycles. The summed E-state index contributed by atoms with van der Waals surface area (Å²) < 4.78 is 2.41. The predicted octanol–water partition coefficient (Wildman–Crippen LogP) is 3.11. The third-order valence-corrected chi connectivity index (χ3v) is 3.34. The Labute approximate surface area is 89.9 Å². The largest absolute Gasteiger partial charge is 0.329 e. The fourth-order valence-corrected chi connectivity index (χ4v) is 2.81. The van der Waals surface area contributed by atoms with Gasteiger partial charge in [0.25, 0.3) is 0 Å². The number of aromatic nitrogens is 2.